The monoisotopic (exact) mass is 216 g/mol. The summed E-state index contributed by atoms with van der Waals surface area (Å²) < 4.78 is 12.8. The summed E-state index contributed by atoms with van der Waals surface area (Å²) in [4.78, 5) is 8.90. The number of aromatic nitrogens is 2. The zero-order valence-corrected chi connectivity index (χ0v) is 9.58. The van der Waals surface area contributed by atoms with Gasteiger partial charge in [0, 0.05) is 5.56 Å². The standard InChI is InChI=1S/C13H13FN2/c1-8-9(2)16-13(10(3)15-8)11-4-6-12(14)7-5-11/h4-7H,1-3H3. The van der Waals surface area contributed by atoms with Crippen LogP contribution in [0.3, 0.4) is 0 Å². The van der Waals surface area contributed by atoms with Crippen molar-refractivity contribution in [1.29, 1.82) is 0 Å². The molecule has 0 atom stereocenters. The van der Waals surface area contributed by atoms with Crippen LogP contribution in [-0.4, -0.2) is 9.97 Å². The molecule has 0 spiro atoms. The molecule has 2 nitrogen and oxygen atoms in total. The second-order valence-corrected chi connectivity index (χ2v) is 3.84. The molecule has 16 heavy (non-hydrogen) atoms. The van der Waals surface area contributed by atoms with Gasteiger partial charge in [-0.25, -0.2) is 9.37 Å². The highest BCUT2D eigenvalue weighted by molar-refractivity contribution is 5.61. The van der Waals surface area contributed by atoms with Gasteiger partial charge < -0.3 is 0 Å². The first-order chi connectivity index (χ1) is 7.58. The highest BCUT2D eigenvalue weighted by atomic mass is 19.1. The molecule has 0 bridgehead atoms. The largest absolute Gasteiger partial charge is 0.254 e. The third kappa shape index (κ3) is 1.94. The van der Waals surface area contributed by atoms with Crippen LogP contribution in [0.1, 0.15) is 17.1 Å². The Labute approximate surface area is 94.2 Å². The van der Waals surface area contributed by atoms with Gasteiger partial charge in [0.05, 0.1) is 22.8 Å². The van der Waals surface area contributed by atoms with Crippen LogP contribution >= 0.6 is 0 Å². The summed E-state index contributed by atoms with van der Waals surface area (Å²) in [7, 11) is 0. The minimum Gasteiger partial charge on any atom is -0.254 e. The van der Waals surface area contributed by atoms with E-state index in [4.69, 9.17) is 0 Å². The minimum absolute atomic E-state index is 0.238. The van der Waals surface area contributed by atoms with E-state index in [1.54, 1.807) is 12.1 Å². The third-order valence-corrected chi connectivity index (χ3v) is 2.60. The summed E-state index contributed by atoms with van der Waals surface area (Å²) >= 11 is 0. The Bertz CT molecular complexity index is 518. The average molecular weight is 216 g/mol. The maximum absolute atomic E-state index is 12.8. The van der Waals surface area contributed by atoms with Crippen molar-refractivity contribution in [3.8, 4) is 11.3 Å². The molecule has 0 saturated carbocycles. The van der Waals surface area contributed by atoms with Crippen molar-refractivity contribution in [3.05, 3.63) is 47.2 Å². The zero-order chi connectivity index (χ0) is 11.7. The minimum atomic E-state index is -0.238. The first-order valence-corrected chi connectivity index (χ1v) is 5.15. The van der Waals surface area contributed by atoms with Crippen molar-refractivity contribution in [2.24, 2.45) is 0 Å². The van der Waals surface area contributed by atoms with E-state index < -0.39 is 0 Å². The predicted octanol–water partition coefficient (Wildman–Crippen LogP) is 3.21. The van der Waals surface area contributed by atoms with Crippen LogP contribution in [0.4, 0.5) is 4.39 Å². The Morgan fingerprint density at radius 3 is 2.00 bits per heavy atom. The fraction of sp³-hybridized carbons (Fsp3) is 0.231. The first kappa shape index (κ1) is 10.7. The van der Waals surface area contributed by atoms with Gasteiger partial charge in [-0.05, 0) is 45.0 Å². The molecular formula is C13H13FN2. The molecule has 0 aliphatic carbocycles. The van der Waals surface area contributed by atoms with E-state index in [1.165, 1.54) is 12.1 Å². The normalized spacial score (nSPS) is 10.5. The molecule has 3 heteroatoms. The fourth-order valence-corrected chi connectivity index (χ4v) is 1.60. The molecule has 2 rings (SSSR count). The smallest absolute Gasteiger partial charge is 0.123 e. The molecule has 82 valence electrons. The molecule has 0 aliphatic rings. The van der Waals surface area contributed by atoms with E-state index >= 15 is 0 Å². The second-order valence-electron chi connectivity index (χ2n) is 3.84. The lowest BCUT2D eigenvalue weighted by molar-refractivity contribution is 0.628. The summed E-state index contributed by atoms with van der Waals surface area (Å²) in [5, 5.41) is 0. The van der Waals surface area contributed by atoms with Gasteiger partial charge >= 0.3 is 0 Å². The van der Waals surface area contributed by atoms with Crippen LogP contribution in [0.15, 0.2) is 24.3 Å². The van der Waals surface area contributed by atoms with Gasteiger partial charge in [0.15, 0.2) is 0 Å². The zero-order valence-electron chi connectivity index (χ0n) is 9.58. The molecule has 2 aromatic rings. The fourth-order valence-electron chi connectivity index (χ4n) is 1.60. The second kappa shape index (κ2) is 4.00. The summed E-state index contributed by atoms with van der Waals surface area (Å²) in [5.41, 5.74) is 4.43. The molecule has 0 aliphatic heterocycles. The summed E-state index contributed by atoms with van der Waals surface area (Å²) in [6, 6.07) is 6.32. The molecule has 0 fully saturated rings. The quantitative estimate of drug-likeness (QED) is 0.731. The lowest BCUT2D eigenvalue weighted by atomic mass is 10.1. The Kier molecular flexibility index (Phi) is 2.69. The van der Waals surface area contributed by atoms with Gasteiger partial charge in [-0.2, -0.15) is 0 Å². The van der Waals surface area contributed by atoms with Gasteiger partial charge in [-0.1, -0.05) is 0 Å². The molecule has 0 unspecified atom stereocenters. The molecule has 1 heterocycles. The number of aryl methyl sites for hydroxylation is 3. The molecule has 1 aromatic heterocycles. The number of halogens is 1. The van der Waals surface area contributed by atoms with Crippen molar-refractivity contribution in [3.63, 3.8) is 0 Å². The van der Waals surface area contributed by atoms with Gasteiger partial charge in [-0.15, -0.1) is 0 Å². The topological polar surface area (TPSA) is 25.8 Å². The Morgan fingerprint density at radius 2 is 1.38 bits per heavy atom. The highest BCUT2D eigenvalue weighted by Crippen LogP contribution is 2.21. The van der Waals surface area contributed by atoms with E-state index in [0.717, 1.165) is 28.3 Å². The van der Waals surface area contributed by atoms with Crippen LogP contribution in [0, 0.1) is 26.6 Å². The van der Waals surface area contributed by atoms with E-state index in [2.05, 4.69) is 9.97 Å². The van der Waals surface area contributed by atoms with Crippen LogP contribution in [0.25, 0.3) is 11.3 Å². The van der Waals surface area contributed by atoms with Crippen molar-refractivity contribution in [2.45, 2.75) is 20.8 Å². The van der Waals surface area contributed by atoms with Crippen molar-refractivity contribution in [1.82, 2.24) is 9.97 Å². The predicted molar refractivity (Wildman–Crippen MR) is 61.6 cm³/mol. The van der Waals surface area contributed by atoms with E-state index in [1.807, 2.05) is 20.8 Å². The van der Waals surface area contributed by atoms with Gasteiger partial charge in [0.2, 0.25) is 0 Å². The SMILES string of the molecule is Cc1nc(C)c(-c2ccc(F)cc2)nc1C. The van der Waals surface area contributed by atoms with Crippen molar-refractivity contribution < 1.29 is 4.39 Å². The molecule has 0 saturated heterocycles. The maximum Gasteiger partial charge on any atom is 0.123 e. The molecule has 0 radical (unpaired) electrons. The van der Waals surface area contributed by atoms with Crippen molar-refractivity contribution in [2.75, 3.05) is 0 Å². The van der Waals surface area contributed by atoms with Crippen LogP contribution in [0.5, 0.6) is 0 Å². The van der Waals surface area contributed by atoms with Gasteiger partial charge in [-0.3, -0.25) is 4.98 Å². The number of hydrogen-bond acceptors (Lipinski definition) is 2. The van der Waals surface area contributed by atoms with E-state index in [0.29, 0.717) is 0 Å². The van der Waals surface area contributed by atoms with Crippen LogP contribution < -0.4 is 0 Å². The summed E-state index contributed by atoms with van der Waals surface area (Å²) in [6.45, 7) is 5.77. The number of rotatable bonds is 1. The van der Waals surface area contributed by atoms with Gasteiger partial charge in [0.1, 0.15) is 5.82 Å². The highest BCUT2D eigenvalue weighted by Gasteiger charge is 2.07. The van der Waals surface area contributed by atoms with Crippen molar-refractivity contribution >= 4 is 0 Å². The third-order valence-electron chi connectivity index (χ3n) is 2.60. The Morgan fingerprint density at radius 1 is 0.812 bits per heavy atom. The number of hydrogen-bond donors (Lipinski definition) is 0. The number of benzene rings is 1. The van der Waals surface area contributed by atoms with Crippen LogP contribution in [-0.2, 0) is 0 Å². The van der Waals surface area contributed by atoms with Crippen LogP contribution in [0.2, 0.25) is 0 Å². The average Bonchev–Trinajstić information content (AvgIpc) is 2.25. The molecule has 1 aromatic carbocycles. The Hall–Kier alpha value is -1.77. The molecular weight excluding hydrogens is 203 g/mol. The Balaban J connectivity index is 2.56. The summed E-state index contributed by atoms with van der Waals surface area (Å²) in [6.07, 6.45) is 0. The first-order valence-electron chi connectivity index (χ1n) is 5.15. The molecule has 0 amide bonds. The van der Waals surface area contributed by atoms with E-state index in [-0.39, 0.29) is 5.82 Å². The lowest BCUT2D eigenvalue weighted by Gasteiger charge is -2.07. The lowest BCUT2D eigenvalue weighted by Crippen LogP contribution is -1.98. The maximum atomic E-state index is 12.8. The number of nitrogens with zero attached hydrogens (tertiary/aromatic N) is 2. The summed E-state index contributed by atoms with van der Waals surface area (Å²) in [5.74, 6) is -0.238. The van der Waals surface area contributed by atoms with E-state index in [9.17, 15) is 4.39 Å². The molecule has 0 N–H and O–H groups in total. The van der Waals surface area contributed by atoms with Gasteiger partial charge in [0.25, 0.3) is 0 Å².